The minimum absolute atomic E-state index is 0.169. The first kappa shape index (κ1) is 20.6. The van der Waals surface area contributed by atoms with Gasteiger partial charge in [0.15, 0.2) is 5.78 Å². The molecule has 0 aliphatic heterocycles. The molecule has 29 heavy (non-hydrogen) atoms. The molecule has 0 aromatic heterocycles. The zero-order chi connectivity index (χ0) is 20.8. The number of hydrogen-bond acceptors (Lipinski definition) is 3. The van der Waals surface area contributed by atoms with Gasteiger partial charge in [0.05, 0.1) is 6.61 Å². The highest BCUT2D eigenvalue weighted by atomic mass is 16.5. The quantitative estimate of drug-likeness (QED) is 0.454. The molecule has 0 spiro atoms. The molecule has 4 rings (SSSR count). The lowest BCUT2D eigenvalue weighted by atomic mass is 9.48. The van der Waals surface area contributed by atoms with Gasteiger partial charge in [0.2, 0.25) is 0 Å². The Morgan fingerprint density at radius 3 is 2.79 bits per heavy atom. The maximum absolute atomic E-state index is 12.0. The number of fused-ring (bicyclic) bond motifs is 5. The number of ketones is 1. The van der Waals surface area contributed by atoms with Gasteiger partial charge in [0.25, 0.3) is 0 Å². The first-order valence-corrected chi connectivity index (χ1v) is 11.6. The molecule has 0 bridgehead atoms. The van der Waals surface area contributed by atoms with Crippen LogP contribution >= 0.6 is 0 Å². The van der Waals surface area contributed by atoms with E-state index in [0.29, 0.717) is 53.8 Å². The van der Waals surface area contributed by atoms with Crippen molar-refractivity contribution in [1.82, 2.24) is 0 Å². The molecular formula is C26H36O3. The van der Waals surface area contributed by atoms with Gasteiger partial charge in [0.1, 0.15) is 0 Å². The standard InChI is InChI=1S/C26H36O3/c1-5-29-24(28)11-6-17(2)21-9-10-22-20-8-7-18-16-19(27)12-14-25(18,3)23(20)13-15-26(21,22)4/h6-8,11,16-17,20-23H,5,9-10,12-15H2,1-4H3/b11-6+/t17-,20?,21?,22?,23?,25+,26-/m1/s1. The third-order valence-electron chi connectivity index (χ3n) is 9.05. The second-order valence-corrected chi connectivity index (χ2v) is 10.3. The molecule has 0 heterocycles. The number of hydrogen-bond donors (Lipinski definition) is 0. The Labute approximate surface area is 175 Å². The Morgan fingerprint density at radius 1 is 1.24 bits per heavy atom. The monoisotopic (exact) mass is 396 g/mol. The maximum Gasteiger partial charge on any atom is 0.330 e. The SMILES string of the molecule is CCOC(=O)/C=C/[C@@H](C)C1CCC2C3C=CC4=CC(=O)CC[C@]4(C)C3CC[C@@]21C. The van der Waals surface area contributed by atoms with Crippen molar-refractivity contribution in [3.05, 3.63) is 36.0 Å². The van der Waals surface area contributed by atoms with E-state index < -0.39 is 0 Å². The first-order chi connectivity index (χ1) is 13.8. The topological polar surface area (TPSA) is 43.4 Å². The van der Waals surface area contributed by atoms with Gasteiger partial charge in [-0.25, -0.2) is 4.79 Å². The zero-order valence-corrected chi connectivity index (χ0v) is 18.4. The molecule has 0 radical (unpaired) electrons. The minimum Gasteiger partial charge on any atom is -0.463 e. The largest absolute Gasteiger partial charge is 0.463 e. The predicted molar refractivity (Wildman–Crippen MR) is 115 cm³/mol. The van der Waals surface area contributed by atoms with E-state index >= 15 is 0 Å². The first-order valence-electron chi connectivity index (χ1n) is 11.6. The summed E-state index contributed by atoms with van der Waals surface area (Å²) in [5, 5.41) is 0. The van der Waals surface area contributed by atoms with Crippen LogP contribution in [0.3, 0.4) is 0 Å². The number of carbonyl (C=O) groups is 2. The van der Waals surface area contributed by atoms with E-state index in [9.17, 15) is 9.59 Å². The summed E-state index contributed by atoms with van der Waals surface area (Å²) < 4.78 is 5.06. The number of allylic oxidation sites excluding steroid dienone is 5. The van der Waals surface area contributed by atoms with Crippen LogP contribution in [0.25, 0.3) is 0 Å². The summed E-state index contributed by atoms with van der Waals surface area (Å²) >= 11 is 0. The molecule has 0 aromatic rings. The molecular weight excluding hydrogens is 360 g/mol. The lowest BCUT2D eigenvalue weighted by molar-refractivity contribution is -0.137. The molecule has 2 saturated carbocycles. The van der Waals surface area contributed by atoms with Crippen LogP contribution in [0.15, 0.2) is 36.0 Å². The van der Waals surface area contributed by atoms with Crippen LogP contribution in [-0.4, -0.2) is 18.4 Å². The third kappa shape index (κ3) is 3.35. The lowest BCUT2D eigenvalue weighted by Gasteiger charge is -2.56. The molecule has 0 N–H and O–H groups in total. The van der Waals surface area contributed by atoms with Gasteiger partial charge in [-0.2, -0.15) is 0 Å². The Morgan fingerprint density at radius 2 is 2.03 bits per heavy atom. The van der Waals surface area contributed by atoms with Crippen LogP contribution in [0.1, 0.15) is 66.2 Å². The molecule has 0 saturated heterocycles. The van der Waals surface area contributed by atoms with Gasteiger partial charge in [-0.05, 0) is 91.1 Å². The van der Waals surface area contributed by atoms with Crippen molar-refractivity contribution in [3.8, 4) is 0 Å². The molecule has 7 atom stereocenters. The summed E-state index contributed by atoms with van der Waals surface area (Å²) in [6.07, 6.45) is 17.1. The minimum atomic E-state index is -0.225. The highest BCUT2D eigenvalue weighted by Gasteiger charge is 2.58. The molecule has 4 unspecified atom stereocenters. The summed E-state index contributed by atoms with van der Waals surface area (Å²) in [6, 6.07) is 0. The van der Waals surface area contributed by atoms with Crippen molar-refractivity contribution >= 4 is 11.8 Å². The highest BCUT2D eigenvalue weighted by molar-refractivity contribution is 5.92. The molecule has 0 amide bonds. The van der Waals surface area contributed by atoms with Crippen molar-refractivity contribution in [3.63, 3.8) is 0 Å². The van der Waals surface area contributed by atoms with Crippen molar-refractivity contribution in [2.75, 3.05) is 6.61 Å². The molecule has 2 fully saturated rings. The zero-order valence-electron chi connectivity index (χ0n) is 18.4. The maximum atomic E-state index is 12.0. The second-order valence-electron chi connectivity index (χ2n) is 10.3. The summed E-state index contributed by atoms with van der Waals surface area (Å²) in [5.74, 6) is 3.06. The highest BCUT2D eigenvalue weighted by Crippen LogP contribution is 2.66. The number of rotatable bonds is 4. The average Bonchev–Trinajstić information content (AvgIpc) is 3.04. The average molecular weight is 397 g/mol. The van der Waals surface area contributed by atoms with E-state index in [0.717, 1.165) is 6.42 Å². The summed E-state index contributed by atoms with van der Waals surface area (Å²) in [5.41, 5.74) is 1.77. The summed E-state index contributed by atoms with van der Waals surface area (Å²) in [6.45, 7) is 9.46. The normalized spacial score (nSPS) is 42.1. The molecule has 4 aliphatic rings. The summed E-state index contributed by atoms with van der Waals surface area (Å²) in [7, 11) is 0. The van der Waals surface area contributed by atoms with Crippen LogP contribution < -0.4 is 0 Å². The number of ether oxygens (including phenoxy) is 1. The van der Waals surface area contributed by atoms with Crippen LogP contribution in [-0.2, 0) is 14.3 Å². The van der Waals surface area contributed by atoms with Crippen molar-refractivity contribution in [2.45, 2.75) is 66.2 Å². The lowest BCUT2D eigenvalue weighted by Crippen LogP contribution is -2.49. The summed E-state index contributed by atoms with van der Waals surface area (Å²) in [4.78, 5) is 23.7. The number of esters is 1. The van der Waals surface area contributed by atoms with E-state index in [1.165, 1.54) is 31.3 Å². The van der Waals surface area contributed by atoms with Crippen LogP contribution in [0.4, 0.5) is 0 Å². The van der Waals surface area contributed by atoms with Gasteiger partial charge in [-0.3, -0.25) is 4.79 Å². The van der Waals surface area contributed by atoms with Gasteiger partial charge in [-0.1, -0.05) is 39.0 Å². The fourth-order valence-electron chi connectivity index (χ4n) is 7.46. The van der Waals surface area contributed by atoms with E-state index in [4.69, 9.17) is 4.74 Å². The fourth-order valence-corrected chi connectivity index (χ4v) is 7.46. The molecule has 4 aliphatic carbocycles. The van der Waals surface area contributed by atoms with E-state index in [2.05, 4.69) is 39.0 Å². The van der Waals surface area contributed by atoms with Crippen molar-refractivity contribution in [2.24, 2.45) is 40.4 Å². The molecule has 0 aromatic carbocycles. The number of carbonyl (C=O) groups excluding carboxylic acids is 2. The molecule has 3 heteroatoms. The van der Waals surface area contributed by atoms with Gasteiger partial charge in [0, 0.05) is 12.5 Å². The van der Waals surface area contributed by atoms with Crippen molar-refractivity contribution in [1.29, 1.82) is 0 Å². The predicted octanol–water partition coefficient (Wildman–Crippen LogP) is 5.67. The smallest absolute Gasteiger partial charge is 0.330 e. The Bertz CT molecular complexity index is 775. The van der Waals surface area contributed by atoms with E-state index in [-0.39, 0.29) is 11.4 Å². The Hall–Kier alpha value is -1.64. The van der Waals surface area contributed by atoms with E-state index in [1.54, 1.807) is 6.08 Å². The molecule has 3 nitrogen and oxygen atoms in total. The van der Waals surface area contributed by atoms with E-state index in [1.807, 2.05) is 13.0 Å². The third-order valence-corrected chi connectivity index (χ3v) is 9.05. The van der Waals surface area contributed by atoms with Gasteiger partial charge >= 0.3 is 5.97 Å². The van der Waals surface area contributed by atoms with Crippen LogP contribution in [0.5, 0.6) is 0 Å². The van der Waals surface area contributed by atoms with Crippen LogP contribution in [0, 0.1) is 40.4 Å². The van der Waals surface area contributed by atoms with Crippen LogP contribution in [0.2, 0.25) is 0 Å². The molecule has 158 valence electrons. The second kappa shape index (κ2) is 7.56. The Balaban J connectivity index is 1.56. The van der Waals surface area contributed by atoms with Gasteiger partial charge < -0.3 is 4.74 Å². The fraction of sp³-hybridized carbons (Fsp3) is 0.692. The van der Waals surface area contributed by atoms with Crippen molar-refractivity contribution < 1.29 is 14.3 Å². The Kier molecular flexibility index (Phi) is 5.38. The van der Waals surface area contributed by atoms with Gasteiger partial charge in [-0.15, -0.1) is 0 Å².